The summed E-state index contributed by atoms with van der Waals surface area (Å²) in [4.78, 5) is 10.8. The van der Waals surface area contributed by atoms with Gasteiger partial charge in [0.05, 0.1) is 6.10 Å². The largest absolute Gasteiger partial charge is 0.459 e. The number of rotatable bonds is 5. The second-order valence-corrected chi connectivity index (χ2v) is 3.77. The number of carbonyl (C=O) groups excluding carboxylic acids is 1. The van der Waals surface area contributed by atoms with Crippen molar-refractivity contribution < 1.29 is 19.7 Å². The van der Waals surface area contributed by atoms with Crippen LogP contribution in [0.3, 0.4) is 0 Å². The first-order chi connectivity index (χ1) is 6.65. The Labute approximate surface area is 83.9 Å². The Bertz CT molecular complexity index is 193. The van der Waals surface area contributed by atoms with E-state index >= 15 is 0 Å². The smallest absolute Gasteiger partial charge is 0.306 e. The van der Waals surface area contributed by atoms with E-state index in [9.17, 15) is 15.0 Å². The van der Waals surface area contributed by atoms with Gasteiger partial charge in [0.25, 0.3) is 0 Å². The first kappa shape index (κ1) is 11.5. The maximum Gasteiger partial charge on any atom is 0.306 e. The van der Waals surface area contributed by atoms with Gasteiger partial charge in [0, 0.05) is 6.42 Å². The number of aliphatic hydroxyl groups is 2. The third-order valence-electron chi connectivity index (χ3n) is 2.54. The van der Waals surface area contributed by atoms with Crippen molar-refractivity contribution in [3.8, 4) is 0 Å². The zero-order valence-corrected chi connectivity index (χ0v) is 8.48. The molecule has 1 rings (SSSR count). The molecule has 0 saturated carbocycles. The molecule has 1 aliphatic rings. The van der Waals surface area contributed by atoms with Gasteiger partial charge in [-0.15, -0.1) is 0 Å². The Balaban J connectivity index is 2.32. The van der Waals surface area contributed by atoms with Gasteiger partial charge in [-0.25, -0.2) is 0 Å². The van der Waals surface area contributed by atoms with Gasteiger partial charge in [-0.05, 0) is 12.8 Å². The summed E-state index contributed by atoms with van der Waals surface area (Å²) in [6.45, 7) is 2.02. The van der Waals surface area contributed by atoms with E-state index in [0.29, 0.717) is 19.3 Å². The van der Waals surface area contributed by atoms with E-state index in [4.69, 9.17) is 4.74 Å². The highest BCUT2D eigenvalue weighted by molar-refractivity contribution is 5.71. The molecule has 1 heterocycles. The Morgan fingerprint density at radius 2 is 2.29 bits per heavy atom. The molecule has 0 spiro atoms. The molecule has 1 fully saturated rings. The van der Waals surface area contributed by atoms with Gasteiger partial charge in [0.2, 0.25) is 0 Å². The number of aliphatic hydroxyl groups excluding tert-OH is 2. The zero-order valence-electron chi connectivity index (χ0n) is 8.48. The standard InChI is InChI=1S/C10H18O4/c1-2-3-4-7(11)10(13)8-5-6-9(12)14-8/h7-8,10-11,13H,2-6H2,1H3/t7-,8+,10+/m0/s1. The van der Waals surface area contributed by atoms with Crippen molar-refractivity contribution in [2.75, 3.05) is 0 Å². The first-order valence-electron chi connectivity index (χ1n) is 5.20. The fourth-order valence-corrected chi connectivity index (χ4v) is 1.62. The summed E-state index contributed by atoms with van der Waals surface area (Å²) in [5, 5.41) is 19.2. The molecule has 4 heteroatoms. The van der Waals surface area contributed by atoms with E-state index in [1.54, 1.807) is 0 Å². The van der Waals surface area contributed by atoms with Crippen LogP contribution in [-0.2, 0) is 9.53 Å². The Morgan fingerprint density at radius 3 is 2.79 bits per heavy atom. The minimum atomic E-state index is -0.923. The molecule has 1 saturated heterocycles. The van der Waals surface area contributed by atoms with Crippen LogP contribution in [0.15, 0.2) is 0 Å². The maximum atomic E-state index is 10.8. The quantitative estimate of drug-likeness (QED) is 0.641. The molecule has 0 aromatic carbocycles. The highest BCUT2D eigenvalue weighted by Gasteiger charge is 2.33. The predicted molar refractivity (Wildman–Crippen MR) is 50.7 cm³/mol. The number of esters is 1. The Morgan fingerprint density at radius 1 is 1.57 bits per heavy atom. The summed E-state index contributed by atoms with van der Waals surface area (Å²) in [7, 11) is 0. The van der Waals surface area contributed by atoms with Crippen LogP contribution in [0, 0.1) is 0 Å². The number of unbranched alkanes of at least 4 members (excludes halogenated alkanes) is 1. The third-order valence-corrected chi connectivity index (χ3v) is 2.54. The third kappa shape index (κ3) is 2.96. The van der Waals surface area contributed by atoms with Crippen LogP contribution in [0.2, 0.25) is 0 Å². The molecule has 0 radical (unpaired) electrons. The van der Waals surface area contributed by atoms with Crippen LogP contribution in [0.5, 0.6) is 0 Å². The van der Waals surface area contributed by atoms with Crippen molar-refractivity contribution in [1.82, 2.24) is 0 Å². The van der Waals surface area contributed by atoms with Crippen molar-refractivity contribution in [3.05, 3.63) is 0 Å². The molecule has 3 atom stereocenters. The van der Waals surface area contributed by atoms with Gasteiger partial charge in [-0.1, -0.05) is 19.8 Å². The van der Waals surface area contributed by atoms with Gasteiger partial charge in [-0.2, -0.15) is 0 Å². The van der Waals surface area contributed by atoms with E-state index in [1.807, 2.05) is 6.92 Å². The highest BCUT2D eigenvalue weighted by atomic mass is 16.6. The van der Waals surface area contributed by atoms with Crippen LogP contribution in [0.25, 0.3) is 0 Å². The average Bonchev–Trinajstić information content (AvgIpc) is 2.60. The van der Waals surface area contributed by atoms with E-state index in [2.05, 4.69) is 0 Å². The van der Waals surface area contributed by atoms with Crippen LogP contribution in [-0.4, -0.2) is 34.5 Å². The number of carbonyl (C=O) groups is 1. The Kier molecular flexibility index (Phi) is 4.35. The van der Waals surface area contributed by atoms with E-state index in [0.717, 1.165) is 12.8 Å². The molecule has 14 heavy (non-hydrogen) atoms. The summed E-state index contributed by atoms with van der Waals surface area (Å²) in [6.07, 6.45) is 1.08. The van der Waals surface area contributed by atoms with E-state index in [1.165, 1.54) is 0 Å². The molecule has 0 amide bonds. The SMILES string of the molecule is CCCC[C@H](O)[C@@H](O)[C@H]1CCC(=O)O1. The minimum Gasteiger partial charge on any atom is -0.459 e. The van der Waals surface area contributed by atoms with Crippen molar-refractivity contribution >= 4 is 5.97 Å². The molecule has 2 N–H and O–H groups in total. The van der Waals surface area contributed by atoms with Crippen LogP contribution in [0.1, 0.15) is 39.0 Å². The van der Waals surface area contributed by atoms with Crippen LogP contribution < -0.4 is 0 Å². The lowest BCUT2D eigenvalue weighted by Gasteiger charge is -2.22. The highest BCUT2D eigenvalue weighted by Crippen LogP contribution is 2.20. The number of hydrogen-bond donors (Lipinski definition) is 2. The van der Waals surface area contributed by atoms with Gasteiger partial charge >= 0.3 is 5.97 Å². The molecule has 82 valence electrons. The maximum absolute atomic E-state index is 10.8. The van der Waals surface area contributed by atoms with Gasteiger partial charge in [-0.3, -0.25) is 4.79 Å². The summed E-state index contributed by atoms with van der Waals surface area (Å²) >= 11 is 0. The predicted octanol–water partition coefficient (Wildman–Crippen LogP) is 0.604. The second kappa shape index (κ2) is 5.32. The second-order valence-electron chi connectivity index (χ2n) is 3.77. The summed E-state index contributed by atoms with van der Waals surface area (Å²) in [5.74, 6) is -0.281. The lowest BCUT2D eigenvalue weighted by molar-refractivity contribution is -0.149. The summed E-state index contributed by atoms with van der Waals surface area (Å²) in [5.41, 5.74) is 0. The van der Waals surface area contributed by atoms with E-state index < -0.39 is 18.3 Å². The normalized spacial score (nSPS) is 25.9. The summed E-state index contributed by atoms with van der Waals surface area (Å²) < 4.78 is 4.88. The number of hydrogen-bond acceptors (Lipinski definition) is 4. The molecule has 1 aliphatic heterocycles. The zero-order chi connectivity index (χ0) is 10.6. The van der Waals surface area contributed by atoms with Crippen molar-refractivity contribution in [3.63, 3.8) is 0 Å². The first-order valence-corrected chi connectivity index (χ1v) is 5.20. The number of ether oxygens (including phenoxy) is 1. The molecule has 0 unspecified atom stereocenters. The van der Waals surface area contributed by atoms with Gasteiger partial charge in [0.1, 0.15) is 12.2 Å². The molecular formula is C10H18O4. The Hall–Kier alpha value is -0.610. The van der Waals surface area contributed by atoms with Gasteiger partial charge in [0.15, 0.2) is 0 Å². The van der Waals surface area contributed by atoms with Crippen LogP contribution >= 0.6 is 0 Å². The lowest BCUT2D eigenvalue weighted by atomic mass is 10.0. The number of cyclic esters (lactones) is 1. The minimum absolute atomic E-state index is 0.281. The molecule has 0 bridgehead atoms. The topological polar surface area (TPSA) is 66.8 Å². The van der Waals surface area contributed by atoms with Crippen molar-refractivity contribution in [1.29, 1.82) is 0 Å². The molecule has 4 nitrogen and oxygen atoms in total. The summed E-state index contributed by atoms with van der Waals surface area (Å²) in [6, 6.07) is 0. The lowest BCUT2D eigenvalue weighted by Crippen LogP contribution is -2.37. The van der Waals surface area contributed by atoms with Crippen molar-refractivity contribution in [2.24, 2.45) is 0 Å². The molecule has 0 aromatic heterocycles. The monoisotopic (exact) mass is 202 g/mol. The molecular weight excluding hydrogens is 184 g/mol. The fourth-order valence-electron chi connectivity index (χ4n) is 1.62. The van der Waals surface area contributed by atoms with Crippen molar-refractivity contribution in [2.45, 2.75) is 57.3 Å². The van der Waals surface area contributed by atoms with Gasteiger partial charge < -0.3 is 14.9 Å². The average molecular weight is 202 g/mol. The molecule has 0 aliphatic carbocycles. The van der Waals surface area contributed by atoms with E-state index in [-0.39, 0.29) is 5.97 Å². The molecule has 0 aromatic rings. The van der Waals surface area contributed by atoms with Crippen LogP contribution in [0.4, 0.5) is 0 Å². The fraction of sp³-hybridized carbons (Fsp3) is 0.900.